The number of fused-ring (bicyclic) bond motifs is 1. The molecule has 0 saturated carbocycles. The molecule has 0 unspecified atom stereocenters. The Hall–Kier alpha value is -2.30. The molecule has 92 valence electrons. The van der Waals surface area contributed by atoms with Gasteiger partial charge in [-0.25, -0.2) is 0 Å². The number of benzene rings is 1. The van der Waals surface area contributed by atoms with Gasteiger partial charge >= 0.3 is 0 Å². The lowest BCUT2D eigenvalue weighted by molar-refractivity contribution is -0.124. The second-order valence-electron chi connectivity index (χ2n) is 3.78. The molecule has 1 aromatic carbocycles. The zero-order chi connectivity index (χ0) is 12.8. The van der Waals surface area contributed by atoms with Crippen molar-refractivity contribution < 1.29 is 4.79 Å². The van der Waals surface area contributed by atoms with E-state index in [1.807, 2.05) is 24.3 Å². The maximum absolute atomic E-state index is 10.5. The summed E-state index contributed by atoms with van der Waals surface area (Å²) in [7, 11) is 0. The molecule has 1 aliphatic rings. The van der Waals surface area contributed by atoms with Crippen molar-refractivity contribution in [3.05, 3.63) is 36.7 Å². The molecule has 0 spiro atoms. The van der Waals surface area contributed by atoms with Crippen LogP contribution in [-0.4, -0.2) is 40.2 Å². The Morgan fingerprint density at radius 3 is 2.17 bits per heavy atom. The minimum atomic E-state index is 0.0752. The van der Waals surface area contributed by atoms with Crippen LogP contribution in [0.3, 0.4) is 0 Å². The van der Waals surface area contributed by atoms with Gasteiger partial charge in [0.15, 0.2) is 0 Å². The molecule has 1 amide bonds. The molecule has 0 N–H and O–H groups in total. The van der Waals surface area contributed by atoms with Crippen LogP contribution >= 0.6 is 0 Å². The van der Waals surface area contributed by atoms with Gasteiger partial charge in [0, 0.05) is 25.9 Å². The maximum atomic E-state index is 10.5. The maximum Gasteiger partial charge on any atom is 0.224 e. The minimum Gasteiger partial charge on any atom is -0.302 e. The number of aliphatic imine (C=N–C) groups is 1. The lowest BCUT2D eigenvalue weighted by Crippen LogP contribution is -2.24. The van der Waals surface area contributed by atoms with E-state index in [1.54, 1.807) is 23.6 Å². The SMILES string of the molecule is CC(=O)N1C=NCC1.c1ccc2nccnc2c1. The number of carbonyl (C=O) groups excluding carboxylic acids is 1. The molecule has 3 rings (SSSR count). The second-order valence-corrected chi connectivity index (χ2v) is 3.78. The normalized spacial score (nSPS) is 13.3. The Morgan fingerprint density at radius 2 is 1.78 bits per heavy atom. The van der Waals surface area contributed by atoms with Gasteiger partial charge in [-0.2, -0.15) is 0 Å². The molecule has 0 atom stereocenters. The smallest absolute Gasteiger partial charge is 0.224 e. The summed E-state index contributed by atoms with van der Waals surface area (Å²) in [5.41, 5.74) is 1.90. The average Bonchev–Trinajstić information content (AvgIpc) is 2.94. The summed E-state index contributed by atoms with van der Waals surface area (Å²) in [5.74, 6) is 0.0752. The zero-order valence-corrected chi connectivity index (χ0v) is 10.2. The largest absolute Gasteiger partial charge is 0.302 e. The summed E-state index contributed by atoms with van der Waals surface area (Å²) in [5, 5.41) is 0. The molecule has 5 heteroatoms. The Kier molecular flexibility index (Phi) is 3.96. The van der Waals surface area contributed by atoms with Crippen molar-refractivity contribution in [3.8, 4) is 0 Å². The van der Waals surface area contributed by atoms with Crippen molar-refractivity contribution in [1.82, 2.24) is 14.9 Å². The van der Waals surface area contributed by atoms with Crippen LogP contribution in [0.4, 0.5) is 0 Å². The van der Waals surface area contributed by atoms with Crippen LogP contribution in [0.15, 0.2) is 41.7 Å². The summed E-state index contributed by atoms with van der Waals surface area (Å²) in [6, 6.07) is 7.80. The van der Waals surface area contributed by atoms with Gasteiger partial charge in [-0.1, -0.05) is 12.1 Å². The Balaban J connectivity index is 0.000000138. The first-order valence-electron chi connectivity index (χ1n) is 5.70. The number of rotatable bonds is 0. The summed E-state index contributed by atoms with van der Waals surface area (Å²) < 4.78 is 0. The number of hydrogen-bond donors (Lipinski definition) is 0. The van der Waals surface area contributed by atoms with Crippen LogP contribution in [0, 0.1) is 0 Å². The number of nitrogens with zero attached hydrogens (tertiary/aromatic N) is 4. The first-order valence-corrected chi connectivity index (χ1v) is 5.70. The highest BCUT2D eigenvalue weighted by Gasteiger charge is 2.07. The highest BCUT2D eigenvalue weighted by Crippen LogP contribution is 2.04. The fraction of sp³-hybridized carbons (Fsp3) is 0.231. The standard InChI is InChI=1S/C8H6N2.C5H8N2O/c1-2-4-8-7(3-1)9-5-6-10-8;1-5(8)7-3-2-6-4-7/h1-6H;4H,2-3H2,1H3. The van der Waals surface area contributed by atoms with Crippen molar-refractivity contribution in [2.24, 2.45) is 4.99 Å². The summed E-state index contributed by atoms with van der Waals surface area (Å²) >= 11 is 0. The number of hydrogen-bond acceptors (Lipinski definition) is 4. The van der Waals surface area contributed by atoms with Crippen molar-refractivity contribution in [2.45, 2.75) is 6.92 Å². The van der Waals surface area contributed by atoms with Crippen molar-refractivity contribution in [3.63, 3.8) is 0 Å². The van der Waals surface area contributed by atoms with E-state index < -0.39 is 0 Å². The molecule has 1 aliphatic heterocycles. The average molecular weight is 242 g/mol. The third-order valence-electron chi connectivity index (χ3n) is 2.47. The van der Waals surface area contributed by atoms with Crippen LogP contribution in [-0.2, 0) is 4.79 Å². The van der Waals surface area contributed by atoms with Crippen LogP contribution in [0.1, 0.15) is 6.92 Å². The minimum absolute atomic E-state index is 0.0752. The molecule has 0 aliphatic carbocycles. The molecule has 0 radical (unpaired) electrons. The fourth-order valence-corrected chi connectivity index (χ4v) is 1.53. The molecular formula is C13H14N4O. The monoisotopic (exact) mass is 242 g/mol. The van der Waals surface area contributed by atoms with Gasteiger partial charge in [0.1, 0.15) is 0 Å². The first kappa shape index (κ1) is 12.2. The first-order chi connectivity index (χ1) is 8.77. The van der Waals surface area contributed by atoms with Gasteiger partial charge in [0.05, 0.1) is 23.9 Å². The highest BCUT2D eigenvalue weighted by atomic mass is 16.2. The van der Waals surface area contributed by atoms with Crippen LogP contribution < -0.4 is 0 Å². The van der Waals surface area contributed by atoms with Crippen molar-refractivity contribution in [2.75, 3.05) is 13.1 Å². The van der Waals surface area contributed by atoms with Crippen molar-refractivity contribution >= 4 is 23.3 Å². The quantitative estimate of drug-likeness (QED) is 0.703. The lowest BCUT2D eigenvalue weighted by Gasteiger charge is -2.05. The predicted octanol–water partition coefficient (Wildman–Crippen LogP) is 1.51. The van der Waals surface area contributed by atoms with Crippen LogP contribution in [0.5, 0.6) is 0 Å². The number of carbonyl (C=O) groups is 1. The van der Waals surface area contributed by atoms with E-state index in [9.17, 15) is 4.79 Å². The van der Waals surface area contributed by atoms with Gasteiger partial charge in [-0.3, -0.25) is 19.8 Å². The van der Waals surface area contributed by atoms with Gasteiger partial charge < -0.3 is 4.90 Å². The molecule has 0 bridgehead atoms. The summed E-state index contributed by atoms with van der Waals surface area (Å²) in [4.78, 5) is 24.2. The molecule has 2 heterocycles. The van der Waals surface area contributed by atoms with E-state index in [2.05, 4.69) is 15.0 Å². The number of aromatic nitrogens is 2. The zero-order valence-electron chi connectivity index (χ0n) is 10.2. The molecule has 18 heavy (non-hydrogen) atoms. The van der Waals surface area contributed by atoms with E-state index in [0.717, 1.165) is 24.1 Å². The molecule has 0 saturated heterocycles. The van der Waals surface area contributed by atoms with Gasteiger partial charge in [0.25, 0.3) is 0 Å². The predicted molar refractivity (Wildman–Crippen MR) is 70.3 cm³/mol. The Bertz CT molecular complexity index is 502. The van der Waals surface area contributed by atoms with Crippen molar-refractivity contribution in [1.29, 1.82) is 0 Å². The fourth-order valence-electron chi connectivity index (χ4n) is 1.53. The van der Waals surface area contributed by atoms with Gasteiger partial charge in [-0.15, -0.1) is 0 Å². The molecular weight excluding hydrogens is 228 g/mol. The molecule has 0 fully saturated rings. The van der Waals surface area contributed by atoms with E-state index >= 15 is 0 Å². The summed E-state index contributed by atoms with van der Waals surface area (Å²) in [6.45, 7) is 3.06. The third kappa shape index (κ3) is 3.10. The van der Waals surface area contributed by atoms with E-state index in [1.165, 1.54) is 6.92 Å². The second kappa shape index (κ2) is 5.86. The Morgan fingerprint density at radius 1 is 1.17 bits per heavy atom. The topological polar surface area (TPSA) is 58.5 Å². The van der Waals surface area contributed by atoms with Crippen LogP contribution in [0.2, 0.25) is 0 Å². The van der Waals surface area contributed by atoms with Gasteiger partial charge in [0.2, 0.25) is 5.91 Å². The third-order valence-corrected chi connectivity index (χ3v) is 2.47. The van der Waals surface area contributed by atoms with E-state index in [0.29, 0.717) is 0 Å². The summed E-state index contributed by atoms with van der Waals surface area (Å²) in [6.07, 6.45) is 4.98. The number of amides is 1. The Labute approximate surface area is 105 Å². The van der Waals surface area contributed by atoms with E-state index in [-0.39, 0.29) is 5.91 Å². The molecule has 2 aromatic rings. The lowest BCUT2D eigenvalue weighted by atomic mass is 10.3. The molecule has 1 aromatic heterocycles. The van der Waals surface area contributed by atoms with Gasteiger partial charge in [-0.05, 0) is 12.1 Å². The van der Waals surface area contributed by atoms with Crippen LogP contribution in [0.25, 0.3) is 11.0 Å². The highest BCUT2D eigenvalue weighted by molar-refractivity contribution is 5.86. The number of para-hydroxylation sites is 2. The molecule has 5 nitrogen and oxygen atoms in total. The van der Waals surface area contributed by atoms with E-state index in [4.69, 9.17) is 0 Å².